The van der Waals surface area contributed by atoms with E-state index in [2.05, 4.69) is 4.98 Å². The zero-order chi connectivity index (χ0) is 18.3. The molecule has 130 valence electrons. The Morgan fingerprint density at radius 3 is 2.12 bits per heavy atom. The van der Waals surface area contributed by atoms with E-state index in [4.69, 9.17) is 0 Å². The van der Waals surface area contributed by atoms with Crippen molar-refractivity contribution in [2.75, 3.05) is 0 Å². The highest BCUT2D eigenvalue weighted by Crippen LogP contribution is 2.31. The summed E-state index contributed by atoms with van der Waals surface area (Å²) in [6.07, 6.45) is -0.729. The van der Waals surface area contributed by atoms with Gasteiger partial charge in [-0.25, -0.2) is 4.98 Å². The van der Waals surface area contributed by atoms with Crippen LogP contribution in [0.5, 0.6) is 5.75 Å². The Bertz CT molecular complexity index is 1070. The zero-order valence-corrected chi connectivity index (χ0v) is 13.4. The van der Waals surface area contributed by atoms with Gasteiger partial charge in [0.05, 0.1) is 11.3 Å². The fraction of sp³-hybridized carbons (Fsp3) is 0.0500. The first-order valence-electron chi connectivity index (χ1n) is 7.86. The Kier molecular flexibility index (Phi) is 3.68. The number of halogens is 3. The third-order valence-corrected chi connectivity index (χ3v) is 4.17. The van der Waals surface area contributed by atoms with Crippen LogP contribution in [0.2, 0.25) is 0 Å². The summed E-state index contributed by atoms with van der Waals surface area (Å²) in [7, 11) is 0. The van der Waals surface area contributed by atoms with E-state index in [0.29, 0.717) is 16.9 Å². The van der Waals surface area contributed by atoms with Crippen molar-refractivity contribution in [3.63, 3.8) is 0 Å². The molecule has 4 aromatic rings. The summed E-state index contributed by atoms with van der Waals surface area (Å²) < 4.78 is 39.9. The Labute approximate surface area is 147 Å². The van der Waals surface area contributed by atoms with Crippen molar-refractivity contribution < 1.29 is 18.3 Å². The topological polar surface area (TPSA) is 37.5 Å². The van der Waals surface area contributed by atoms with E-state index in [9.17, 15) is 18.3 Å². The van der Waals surface area contributed by atoms with E-state index >= 15 is 0 Å². The van der Waals surface area contributed by atoms with Crippen LogP contribution < -0.4 is 0 Å². The maximum atomic E-state index is 12.7. The third-order valence-electron chi connectivity index (χ3n) is 4.17. The number of alkyl halides is 3. The molecular weight excluding hydrogens is 341 g/mol. The van der Waals surface area contributed by atoms with Crippen molar-refractivity contribution in [2.24, 2.45) is 0 Å². The first-order valence-corrected chi connectivity index (χ1v) is 7.86. The van der Waals surface area contributed by atoms with Crippen LogP contribution in [0.15, 0.2) is 73.1 Å². The smallest absolute Gasteiger partial charge is 0.416 e. The lowest BCUT2D eigenvalue weighted by atomic mass is 10.1. The maximum absolute atomic E-state index is 12.7. The average molecular weight is 354 g/mol. The summed E-state index contributed by atoms with van der Waals surface area (Å²) in [6.45, 7) is 0. The number of rotatable bonds is 2. The molecule has 0 atom stereocenters. The van der Waals surface area contributed by atoms with E-state index in [1.165, 1.54) is 12.1 Å². The molecule has 2 heterocycles. The van der Waals surface area contributed by atoms with Crippen LogP contribution in [0, 0.1) is 0 Å². The predicted molar refractivity (Wildman–Crippen MR) is 92.7 cm³/mol. The van der Waals surface area contributed by atoms with Gasteiger partial charge in [0.2, 0.25) is 0 Å². The number of hydrogen-bond acceptors (Lipinski definition) is 2. The number of pyridine rings is 1. The van der Waals surface area contributed by atoms with Crippen LogP contribution in [0.3, 0.4) is 0 Å². The molecule has 3 nitrogen and oxygen atoms in total. The summed E-state index contributed by atoms with van der Waals surface area (Å²) in [5, 5.41) is 9.39. The summed E-state index contributed by atoms with van der Waals surface area (Å²) in [4.78, 5) is 4.51. The first-order chi connectivity index (χ1) is 12.4. The summed E-state index contributed by atoms with van der Waals surface area (Å²) in [6, 6.07) is 15.6. The van der Waals surface area contributed by atoms with Gasteiger partial charge in [-0.1, -0.05) is 24.3 Å². The van der Waals surface area contributed by atoms with Gasteiger partial charge in [0, 0.05) is 18.0 Å². The molecule has 0 fully saturated rings. The van der Waals surface area contributed by atoms with Crippen molar-refractivity contribution in [1.82, 2.24) is 9.38 Å². The number of imidazole rings is 1. The van der Waals surface area contributed by atoms with E-state index in [-0.39, 0.29) is 5.75 Å². The van der Waals surface area contributed by atoms with Gasteiger partial charge in [0.25, 0.3) is 0 Å². The molecule has 2 aromatic carbocycles. The highest BCUT2D eigenvalue weighted by atomic mass is 19.4. The van der Waals surface area contributed by atoms with Crippen molar-refractivity contribution in [3.8, 4) is 28.1 Å². The molecule has 0 saturated heterocycles. The molecule has 1 N–H and O–H groups in total. The Hall–Kier alpha value is -3.28. The van der Waals surface area contributed by atoms with Crippen molar-refractivity contribution in [2.45, 2.75) is 6.18 Å². The Morgan fingerprint density at radius 1 is 0.808 bits per heavy atom. The summed E-state index contributed by atoms with van der Waals surface area (Å²) in [5.41, 5.74) is 3.09. The van der Waals surface area contributed by atoms with E-state index in [1.54, 1.807) is 30.5 Å². The van der Waals surface area contributed by atoms with Gasteiger partial charge >= 0.3 is 6.18 Å². The fourth-order valence-electron chi connectivity index (χ4n) is 2.78. The van der Waals surface area contributed by atoms with Crippen LogP contribution in [-0.4, -0.2) is 14.5 Å². The molecule has 0 radical (unpaired) electrons. The van der Waals surface area contributed by atoms with Gasteiger partial charge in [0.1, 0.15) is 11.4 Å². The second-order valence-electron chi connectivity index (χ2n) is 5.93. The van der Waals surface area contributed by atoms with Gasteiger partial charge in [-0.2, -0.15) is 13.2 Å². The maximum Gasteiger partial charge on any atom is 0.416 e. The quantitative estimate of drug-likeness (QED) is 0.524. The number of hydrogen-bond donors (Lipinski definition) is 1. The molecule has 0 unspecified atom stereocenters. The van der Waals surface area contributed by atoms with Crippen LogP contribution in [-0.2, 0) is 6.18 Å². The molecule has 0 spiro atoms. The third kappa shape index (κ3) is 3.01. The van der Waals surface area contributed by atoms with E-state index < -0.39 is 11.7 Å². The molecule has 26 heavy (non-hydrogen) atoms. The largest absolute Gasteiger partial charge is 0.508 e. The van der Waals surface area contributed by atoms with Gasteiger partial charge in [0.15, 0.2) is 0 Å². The lowest BCUT2D eigenvalue weighted by molar-refractivity contribution is -0.137. The monoisotopic (exact) mass is 354 g/mol. The average Bonchev–Trinajstić information content (AvgIpc) is 3.05. The number of phenolic OH excluding ortho intramolecular Hbond substituents is 1. The number of aromatic nitrogens is 2. The van der Waals surface area contributed by atoms with Gasteiger partial charge in [-0.3, -0.25) is 0 Å². The van der Waals surface area contributed by atoms with Gasteiger partial charge < -0.3 is 9.51 Å². The number of phenols is 1. The Balaban J connectivity index is 1.70. The lowest BCUT2D eigenvalue weighted by Crippen LogP contribution is -2.03. The zero-order valence-electron chi connectivity index (χ0n) is 13.4. The number of benzene rings is 2. The van der Waals surface area contributed by atoms with Crippen LogP contribution >= 0.6 is 0 Å². The standard InChI is InChI=1S/C20H13F3N2O/c21-20(22,23)16-5-1-14(2-6-16)18-12-25-10-9-15(11-19(25)24-18)13-3-7-17(26)8-4-13/h1-12,26H. The van der Waals surface area contributed by atoms with Crippen LogP contribution in [0.25, 0.3) is 28.0 Å². The van der Waals surface area contributed by atoms with E-state index in [0.717, 1.165) is 23.3 Å². The Morgan fingerprint density at radius 2 is 1.46 bits per heavy atom. The highest BCUT2D eigenvalue weighted by Gasteiger charge is 2.30. The molecular formula is C20H13F3N2O. The molecule has 0 saturated carbocycles. The minimum absolute atomic E-state index is 0.195. The molecule has 0 amide bonds. The van der Waals surface area contributed by atoms with Gasteiger partial charge in [-0.05, 0) is 47.5 Å². The van der Waals surface area contributed by atoms with Gasteiger partial charge in [-0.15, -0.1) is 0 Å². The lowest BCUT2D eigenvalue weighted by Gasteiger charge is -2.06. The van der Waals surface area contributed by atoms with Crippen molar-refractivity contribution in [1.29, 1.82) is 0 Å². The first kappa shape index (κ1) is 16.2. The highest BCUT2D eigenvalue weighted by molar-refractivity contribution is 5.70. The van der Waals surface area contributed by atoms with Crippen LogP contribution in [0.1, 0.15) is 5.56 Å². The predicted octanol–water partition coefficient (Wildman–Crippen LogP) is 5.39. The number of aromatic hydroxyl groups is 1. The van der Waals surface area contributed by atoms with Crippen molar-refractivity contribution >= 4 is 5.65 Å². The second-order valence-corrected chi connectivity index (χ2v) is 5.93. The summed E-state index contributed by atoms with van der Waals surface area (Å²) >= 11 is 0. The van der Waals surface area contributed by atoms with Crippen molar-refractivity contribution in [3.05, 3.63) is 78.6 Å². The molecule has 4 rings (SSSR count). The number of nitrogens with zero attached hydrogens (tertiary/aromatic N) is 2. The number of fused-ring (bicyclic) bond motifs is 1. The minimum Gasteiger partial charge on any atom is -0.508 e. The molecule has 0 bridgehead atoms. The molecule has 0 aliphatic carbocycles. The van der Waals surface area contributed by atoms with E-state index in [1.807, 2.05) is 22.7 Å². The normalized spacial score (nSPS) is 11.8. The minimum atomic E-state index is -4.35. The second kappa shape index (κ2) is 5.91. The SMILES string of the molecule is Oc1ccc(-c2ccn3cc(-c4ccc(C(F)(F)F)cc4)nc3c2)cc1. The molecule has 2 aromatic heterocycles. The molecule has 0 aliphatic rings. The summed E-state index contributed by atoms with van der Waals surface area (Å²) in [5.74, 6) is 0.195. The fourth-order valence-corrected chi connectivity index (χ4v) is 2.78. The molecule has 0 aliphatic heterocycles. The molecule has 6 heteroatoms. The van der Waals surface area contributed by atoms with Crippen LogP contribution in [0.4, 0.5) is 13.2 Å².